The predicted molar refractivity (Wildman–Crippen MR) is 88.6 cm³/mol. The molecule has 1 saturated heterocycles. The summed E-state index contributed by atoms with van der Waals surface area (Å²) >= 11 is 0. The Bertz CT molecular complexity index is 538. The summed E-state index contributed by atoms with van der Waals surface area (Å²) in [6.07, 6.45) is 0.575. The van der Waals surface area contributed by atoms with Crippen molar-refractivity contribution in [2.45, 2.75) is 45.3 Å². The molecule has 23 heavy (non-hydrogen) atoms. The average molecular weight is 321 g/mol. The van der Waals surface area contributed by atoms with Crippen molar-refractivity contribution >= 4 is 6.09 Å². The van der Waals surface area contributed by atoms with Gasteiger partial charge < -0.3 is 19.5 Å². The van der Waals surface area contributed by atoms with Crippen LogP contribution in [0.3, 0.4) is 0 Å². The molecule has 2 atom stereocenters. The number of hydrogen-bond acceptors (Lipinski definition) is 4. The third-order valence-corrected chi connectivity index (χ3v) is 3.98. The highest BCUT2D eigenvalue weighted by atomic mass is 16.6. The number of rotatable bonds is 3. The molecule has 1 N–H and O–H groups in total. The standard InChI is InChI=1S/C18H27NO4/c1-18(2,3)23-17(21)19-9-8-16(20)14(12-19)10-13-6-5-7-15(11-13)22-4/h5-7,11,14,16,20H,8-10,12H2,1-4H3. The SMILES string of the molecule is COc1cccc(CC2CN(C(=O)OC(C)(C)C)CCC2O)c1. The maximum Gasteiger partial charge on any atom is 0.410 e. The van der Waals surface area contributed by atoms with E-state index in [4.69, 9.17) is 9.47 Å². The number of carbonyl (C=O) groups is 1. The minimum atomic E-state index is -0.505. The number of piperidine rings is 1. The first-order valence-corrected chi connectivity index (χ1v) is 8.07. The van der Waals surface area contributed by atoms with Crippen molar-refractivity contribution in [1.29, 1.82) is 0 Å². The second kappa shape index (κ2) is 7.21. The van der Waals surface area contributed by atoms with E-state index >= 15 is 0 Å². The number of ether oxygens (including phenoxy) is 2. The predicted octanol–water partition coefficient (Wildman–Crippen LogP) is 2.86. The average Bonchev–Trinajstić information content (AvgIpc) is 2.48. The molecule has 1 aliphatic rings. The van der Waals surface area contributed by atoms with Gasteiger partial charge in [0.05, 0.1) is 13.2 Å². The molecule has 0 radical (unpaired) electrons. The fourth-order valence-electron chi connectivity index (χ4n) is 2.81. The summed E-state index contributed by atoms with van der Waals surface area (Å²) in [5.41, 5.74) is 0.592. The Labute approximate surface area is 138 Å². The van der Waals surface area contributed by atoms with E-state index in [0.717, 1.165) is 11.3 Å². The minimum absolute atomic E-state index is 0.00312. The molecule has 2 unspecified atom stereocenters. The number of hydrogen-bond donors (Lipinski definition) is 1. The molecule has 1 aromatic rings. The molecule has 1 aliphatic heterocycles. The van der Waals surface area contributed by atoms with Crippen molar-refractivity contribution in [2.75, 3.05) is 20.2 Å². The van der Waals surface area contributed by atoms with Crippen molar-refractivity contribution in [3.05, 3.63) is 29.8 Å². The summed E-state index contributed by atoms with van der Waals surface area (Å²) in [6.45, 7) is 6.62. The lowest BCUT2D eigenvalue weighted by molar-refractivity contribution is -0.00824. The van der Waals surface area contributed by atoms with E-state index in [2.05, 4.69) is 0 Å². The van der Waals surface area contributed by atoms with Gasteiger partial charge in [-0.25, -0.2) is 4.79 Å². The van der Waals surface area contributed by atoms with Crippen molar-refractivity contribution in [3.8, 4) is 5.75 Å². The lowest BCUT2D eigenvalue weighted by Crippen LogP contribution is -2.48. The lowest BCUT2D eigenvalue weighted by Gasteiger charge is -2.37. The normalized spacial score (nSPS) is 21.9. The number of aliphatic hydroxyl groups excluding tert-OH is 1. The molecule has 0 saturated carbocycles. The Morgan fingerprint density at radius 1 is 1.39 bits per heavy atom. The Balaban J connectivity index is 2.01. The van der Waals surface area contributed by atoms with E-state index in [9.17, 15) is 9.90 Å². The highest BCUT2D eigenvalue weighted by Gasteiger charge is 2.32. The van der Waals surface area contributed by atoms with Gasteiger partial charge in [0.15, 0.2) is 0 Å². The van der Waals surface area contributed by atoms with E-state index in [1.807, 2.05) is 45.0 Å². The summed E-state index contributed by atoms with van der Waals surface area (Å²) < 4.78 is 10.7. The van der Waals surface area contributed by atoms with E-state index in [-0.39, 0.29) is 12.0 Å². The van der Waals surface area contributed by atoms with E-state index < -0.39 is 11.7 Å². The summed E-state index contributed by atoms with van der Waals surface area (Å²) in [6, 6.07) is 7.82. The van der Waals surface area contributed by atoms with Crippen LogP contribution in [-0.4, -0.2) is 48.0 Å². The fourth-order valence-corrected chi connectivity index (χ4v) is 2.81. The molecular weight excluding hydrogens is 294 g/mol. The third kappa shape index (κ3) is 5.13. The number of aliphatic hydroxyl groups is 1. The van der Waals surface area contributed by atoms with Gasteiger partial charge in [-0.05, 0) is 51.3 Å². The fraction of sp³-hybridized carbons (Fsp3) is 0.611. The van der Waals surface area contributed by atoms with Gasteiger partial charge in [-0.3, -0.25) is 0 Å². The van der Waals surface area contributed by atoms with Crippen LogP contribution in [0.5, 0.6) is 5.75 Å². The molecule has 1 heterocycles. The number of benzene rings is 1. The first-order chi connectivity index (χ1) is 10.8. The van der Waals surface area contributed by atoms with Crippen LogP contribution in [0, 0.1) is 5.92 Å². The summed E-state index contributed by atoms with van der Waals surface area (Å²) in [7, 11) is 1.64. The molecule has 128 valence electrons. The van der Waals surface area contributed by atoms with Crippen molar-refractivity contribution in [2.24, 2.45) is 5.92 Å². The van der Waals surface area contributed by atoms with Gasteiger partial charge >= 0.3 is 6.09 Å². The zero-order valence-electron chi connectivity index (χ0n) is 14.4. The van der Waals surface area contributed by atoms with Crippen LogP contribution >= 0.6 is 0 Å². The molecule has 0 bridgehead atoms. The van der Waals surface area contributed by atoms with Gasteiger partial charge in [0.1, 0.15) is 11.4 Å². The van der Waals surface area contributed by atoms with Gasteiger partial charge in [-0.15, -0.1) is 0 Å². The Morgan fingerprint density at radius 3 is 2.78 bits per heavy atom. The Morgan fingerprint density at radius 2 is 2.13 bits per heavy atom. The second-order valence-corrected chi connectivity index (χ2v) is 7.10. The van der Waals surface area contributed by atoms with Crippen LogP contribution in [-0.2, 0) is 11.2 Å². The molecule has 0 aromatic heterocycles. The third-order valence-electron chi connectivity index (χ3n) is 3.98. The number of likely N-dealkylation sites (tertiary alicyclic amines) is 1. The Hall–Kier alpha value is -1.75. The van der Waals surface area contributed by atoms with Crippen LogP contribution in [0.1, 0.15) is 32.8 Å². The van der Waals surface area contributed by atoms with Gasteiger partial charge in [-0.1, -0.05) is 12.1 Å². The minimum Gasteiger partial charge on any atom is -0.497 e. The highest BCUT2D eigenvalue weighted by molar-refractivity contribution is 5.68. The smallest absolute Gasteiger partial charge is 0.410 e. The largest absolute Gasteiger partial charge is 0.497 e. The quantitative estimate of drug-likeness (QED) is 0.930. The number of methoxy groups -OCH3 is 1. The van der Waals surface area contributed by atoms with Crippen LogP contribution in [0.2, 0.25) is 0 Å². The molecule has 0 spiro atoms. The number of nitrogens with zero attached hydrogens (tertiary/aromatic N) is 1. The zero-order valence-corrected chi connectivity index (χ0v) is 14.4. The number of amides is 1. The molecule has 1 amide bonds. The van der Waals surface area contributed by atoms with Crippen LogP contribution < -0.4 is 4.74 Å². The number of carbonyl (C=O) groups excluding carboxylic acids is 1. The molecular formula is C18H27NO4. The molecule has 0 aliphatic carbocycles. The second-order valence-electron chi connectivity index (χ2n) is 7.10. The van der Waals surface area contributed by atoms with Gasteiger partial charge in [0, 0.05) is 19.0 Å². The van der Waals surface area contributed by atoms with E-state index in [1.54, 1.807) is 12.0 Å². The Kier molecular flexibility index (Phi) is 5.52. The van der Waals surface area contributed by atoms with Gasteiger partial charge in [0.25, 0.3) is 0 Å². The van der Waals surface area contributed by atoms with Gasteiger partial charge in [0.2, 0.25) is 0 Å². The van der Waals surface area contributed by atoms with Crippen LogP contribution in [0.15, 0.2) is 24.3 Å². The monoisotopic (exact) mass is 321 g/mol. The highest BCUT2D eigenvalue weighted by Crippen LogP contribution is 2.24. The van der Waals surface area contributed by atoms with Gasteiger partial charge in [-0.2, -0.15) is 0 Å². The van der Waals surface area contributed by atoms with Crippen molar-refractivity contribution in [3.63, 3.8) is 0 Å². The molecule has 5 nitrogen and oxygen atoms in total. The molecule has 5 heteroatoms. The van der Waals surface area contributed by atoms with Crippen molar-refractivity contribution < 1.29 is 19.4 Å². The summed E-state index contributed by atoms with van der Waals surface area (Å²) in [4.78, 5) is 13.9. The zero-order chi connectivity index (χ0) is 17.0. The molecule has 1 aromatic carbocycles. The van der Waals surface area contributed by atoms with E-state index in [0.29, 0.717) is 25.9 Å². The first kappa shape index (κ1) is 17.6. The summed E-state index contributed by atoms with van der Waals surface area (Å²) in [5, 5.41) is 10.3. The van der Waals surface area contributed by atoms with E-state index in [1.165, 1.54) is 0 Å². The van der Waals surface area contributed by atoms with Crippen molar-refractivity contribution in [1.82, 2.24) is 4.90 Å². The van der Waals surface area contributed by atoms with Crippen LogP contribution in [0.25, 0.3) is 0 Å². The maximum absolute atomic E-state index is 12.2. The maximum atomic E-state index is 12.2. The molecule has 1 fully saturated rings. The van der Waals surface area contributed by atoms with Crippen LogP contribution in [0.4, 0.5) is 4.79 Å². The summed E-state index contributed by atoms with van der Waals surface area (Å²) in [5.74, 6) is 0.806. The topological polar surface area (TPSA) is 59.0 Å². The first-order valence-electron chi connectivity index (χ1n) is 8.07. The molecule has 2 rings (SSSR count). The lowest BCUT2D eigenvalue weighted by atomic mass is 9.89.